The molecule has 1 amide bonds. The number of hydrogen-bond acceptors (Lipinski definition) is 4. The van der Waals surface area contributed by atoms with Crippen LogP contribution in [-0.4, -0.2) is 34.1 Å². The van der Waals surface area contributed by atoms with Crippen molar-refractivity contribution in [2.75, 3.05) is 19.8 Å². The van der Waals surface area contributed by atoms with Crippen LogP contribution in [0.4, 0.5) is 0 Å². The average Bonchev–Trinajstić information content (AvgIpc) is 2.41. The number of amides is 1. The Kier molecular flexibility index (Phi) is 7.65. The lowest BCUT2D eigenvalue weighted by molar-refractivity contribution is 0.0912. The summed E-state index contributed by atoms with van der Waals surface area (Å²) in [5.74, 6) is -0.386. The van der Waals surface area contributed by atoms with Gasteiger partial charge in [-0.1, -0.05) is 13.3 Å². The summed E-state index contributed by atoms with van der Waals surface area (Å²) >= 11 is 3.21. The molecule has 1 aromatic carbocycles. The summed E-state index contributed by atoms with van der Waals surface area (Å²) in [6.45, 7) is 3.50. The van der Waals surface area contributed by atoms with E-state index in [-0.39, 0.29) is 16.4 Å². The number of hydrogen-bond donors (Lipinski definition) is 1. The van der Waals surface area contributed by atoms with Crippen LogP contribution in [0, 0.1) is 0 Å². The first-order chi connectivity index (χ1) is 9.86. The number of rotatable bonds is 8. The van der Waals surface area contributed by atoms with E-state index in [9.17, 15) is 13.2 Å². The third-order valence-corrected chi connectivity index (χ3v) is 4.68. The number of benzene rings is 1. The van der Waals surface area contributed by atoms with Gasteiger partial charge in [0.1, 0.15) is 0 Å². The molecule has 0 saturated heterocycles. The highest BCUT2D eigenvalue weighted by molar-refractivity contribution is 9.10. The maximum absolute atomic E-state index is 12.0. The Labute approximate surface area is 137 Å². The fourth-order valence-corrected chi connectivity index (χ4v) is 2.71. The second kappa shape index (κ2) is 8.73. The van der Waals surface area contributed by atoms with Gasteiger partial charge in [0, 0.05) is 28.3 Å². The molecule has 1 N–H and O–H groups in total. The van der Waals surface area contributed by atoms with E-state index in [2.05, 4.69) is 28.2 Å². The third kappa shape index (κ3) is 6.34. The number of carbonyl (C=O) groups excluding carboxylic acids is 1. The highest BCUT2D eigenvalue weighted by Crippen LogP contribution is 2.23. The summed E-state index contributed by atoms with van der Waals surface area (Å²) in [4.78, 5) is 11.9. The van der Waals surface area contributed by atoms with Crippen LogP contribution in [0.3, 0.4) is 0 Å². The molecule has 0 aliphatic carbocycles. The van der Waals surface area contributed by atoms with Gasteiger partial charge in [0.05, 0.1) is 17.1 Å². The number of carbonyl (C=O) groups is 1. The SMILES string of the molecule is CCCCOCCNC(=O)c1cc(S(=O)(=O)Cl)ccc1Br. The third-order valence-electron chi connectivity index (χ3n) is 2.64. The maximum Gasteiger partial charge on any atom is 0.261 e. The van der Waals surface area contributed by atoms with Crippen molar-refractivity contribution >= 4 is 41.6 Å². The lowest BCUT2D eigenvalue weighted by Crippen LogP contribution is -2.27. The van der Waals surface area contributed by atoms with Gasteiger partial charge >= 0.3 is 0 Å². The molecule has 5 nitrogen and oxygen atoms in total. The zero-order chi connectivity index (χ0) is 15.9. The van der Waals surface area contributed by atoms with Gasteiger partial charge in [-0.3, -0.25) is 4.79 Å². The number of nitrogens with one attached hydrogen (secondary N) is 1. The Balaban J connectivity index is 2.62. The van der Waals surface area contributed by atoms with Crippen molar-refractivity contribution in [1.82, 2.24) is 5.32 Å². The maximum atomic E-state index is 12.0. The van der Waals surface area contributed by atoms with E-state index in [4.69, 9.17) is 15.4 Å². The van der Waals surface area contributed by atoms with Crippen molar-refractivity contribution < 1.29 is 17.9 Å². The molecule has 0 heterocycles. The van der Waals surface area contributed by atoms with Gasteiger partial charge in [-0.25, -0.2) is 8.42 Å². The van der Waals surface area contributed by atoms with Crippen molar-refractivity contribution in [3.63, 3.8) is 0 Å². The lowest BCUT2D eigenvalue weighted by Gasteiger charge is -2.08. The molecule has 118 valence electrons. The van der Waals surface area contributed by atoms with E-state index in [0.717, 1.165) is 12.8 Å². The van der Waals surface area contributed by atoms with Crippen LogP contribution in [0.1, 0.15) is 30.1 Å². The van der Waals surface area contributed by atoms with Gasteiger partial charge in [0.2, 0.25) is 0 Å². The van der Waals surface area contributed by atoms with Gasteiger partial charge < -0.3 is 10.1 Å². The van der Waals surface area contributed by atoms with E-state index >= 15 is 0 Å². The standard InChI is InChI=1S/C13H17BrClNO4S/c1-2-3-7-20-8-6-16-13(17)11-9-10(21(15,18)19)4-5-12(11)14/h4-5,9H,2-3,6-8H2,1H3,(H,16,17). The molecule has 0 aromatic heterocycles. The van der Waals surface area contributed by atoms with Crippen molar-refractivity contribution in [2.45, 2.75) is 24.7 Å². The van der Waals surface area contributed by atoms with Gasteiger partial charge in [-0.05, 0) is 40.5 Å². The summed E-state index contributed by atoms with van der Waals surface area (Å²) in [6.07, 6.45) is 2.04. The van der Waals surface area contributed by atoms with Crippen LogP contribution in [0.15, 0.2) is 27.6 Å². The number of halogens is 2. The molecule has 0 saturated carbocycles. The molecular weight excluding hydrogens is 382 g/mol. The first-order valence-corrected chi connectivity index (χ1v) is 9.56. The van der Waals surface area contributed by atoms with Gasteiger partial charge in [-0.15, -0.1) is 0 Å². The van der Waals surface area contributed by atoms with Crippen LogP contribution in [0.25, 0.3) is 0 Å². The van der Waals surface area contributed by atoms with Gasteiger partial charge in [0.25, 0.3) is 15.0 Å². The minimum absolute atomic E-state index is 0.114. The van der Waals surface area contributed by atoms with Crippen molar-refractivity contribution in [3.05, 3.63) is 28.2 Å². The summed E-state index contributed by atoms with van der Waals surface area (Å²) in [7, 11) is 1.40. The van der Waals surface area contributed by atoms with Crippen molar-refractivity contribution in [3.8, 4) is 0 Å². The smallest absolute Gasteiger partial charge is 0.261 e. The Morgan fingerprint density at radius 3 is 2.71 bits per heavy atom. The minimum Gasteiger partial charge on any atom is -0.380 e. The molecule has 21 heavy (non-hydrogen) atoms. The van der Waals surface area contributed by atoms with E-state index in [1.807, 2.05) is 0 Å². The van der Waals surface area contributed by atoms with Crippen LogP contribution in [-0.2, 0) is 13.8 Å². The zero-order valence-corrected chi connectivity index (χ0v) is 14.7. The topological polar surface area (TPSA) is 72.5 Å². The Bertz CT molecular complexity index is 592. The summed E-state index contributed by atoms with van der Waals surface area (Å²) in [5, 5.41) is 2.66. The van der Waals surface area contributed by atoms with Gasteiger partial charge in [-0.2, -0.15) is 0 Å². The molecule has 1 rings (SSSR count). The molecule has 0 aliphatic heterocycles. The summed E-state index contributed by atoms with van der Waals surface area (Å²) in [6, 6.07) is 4.04. The molecule has 0 unspecified atom stereocenters. The highest BCUT2D eigenvalue weighted by atomic mass is 79.9. The predicted molar refractivity (Wildman–Crippen MR) is 85.2 cm³/mol. The van der Waals surface area contributed by atoms with Crippen molar-refractivity contribution in [2.24, 2.45) is 0 Å². The first kappa shape index (κ1) is 18.4. The molecule has 0 bridgehead atoms. The summed E-state index contributed by atoms with van der Waals surface area (Å²) in [5.41, 5.74) is 0.213. The Morgan fingerprint density at radius 1 is 1.38 bits per heavy atom. The molecule has 0 spiro atoms. The number of unbranched alkanes of at least 4 members (excludes halogenated alkanes) is 1. The predicted octanol–water partition coefficient (Wildman–Crippen LogP) is 2.92. The van der Waals surface area contributed by atoms with Crippen LogP contribution in [0.5, 0.6) is 0 Å². The second-order valence-corrected chi connectivity index (χ2v) is 7.72. The zero-order valence-electron chi connectivity index (χ0n) is 11.6. The minimum atomic E-state index is -3.86. The monoisotopic (exact) mass is 397 g/mol. The molecule has 1 aromatic rings. The molecule has 8 heteroatoms. The van der Waals surface area contributed by atoms with E-state index in [1.54, 1.807) is 0 Å². The van der Waals surface area contributed by atoms with Gasteiger partial charge in [0.15, 0.2) is 0 Å². The van der Waals surface area contributed by atoms with E-state index in [0.29, 0.717) is 24.2 Å². The Morgan fingerprint density at radius 2 is 2.10 bits per heavy atom. The molecule has 0 atom stereocenters. The Hall–Kier alpha value is -0.630. The summed E-state index contributed by atoms with van der Waals surface area (Å²) < 4.78 is 28.4. The first-order valence-electron chi connectivity index (χ1n) is 6.46. The lowest BCUT2D eigenvalue weighted by atomic mass is 10.2. The average molecular weight is 399 g/mol. The number of ether oxygens (including phenoxy) is 1. The fraction of sp³-hybridized carbons (Fsp3) is 0.462. The molecule has 0 radical (unpaired) electrons. The van der Waals surface area contributed by atoms with Crippen LogP contribution >= 0.6 is 26.6 Å². The fourth-order valence-electron chi connectivity index (χ4n) is 1.51. The second-order valence-electron chi connectivity index (χ2n) is 4.30. The normalized spacial score (nSPS) is 11.4. The van der Waals surface area contributed by atoms with Crippen molar-refractivity contribution in [1.29, 1.82) is 0 Å². The molecule has 0 aliphatic rings. The van der Waals surface area contributed by atoms with E-state index in [1.165, 1.54) is 18.2 Å². The van der Waals surface area contributed by atoms with E-state index < -0.39 is 9.05 Å². The largest absolute Gasteiger partial charge is 0.380 e. The van der Waals surface area contributed by atoms with Crippen LogP contribution in [0.2, 0.25) is 0 Å². The quantitative estimate of drug-likeness (QED) is 0.540. The molecular formula is C13H17BrClNO4S. The van der Waals surface area contributed by atoms with Crippen LogP contribution < -0.4 is 5.32 Å². The molecule has 0 fully saturated rings. The highest BCUT2D eigenvalue weighted by Gasteiger charge is 2.16.